The van der Waals surface area contributed by atoms with Crippen molar-refractivity contribution < 1.29 is 187 Å². The Kier molecular flexibility index (Phi) is 25.6. The van der Waals surface area contributed by atoms with E-state index in [0.717, 1.165) is 0 Å². The van der Waals surface area contributed by atoms with Crippen molar-refractivity contribution in [2.45, 2.75) is 29.4 Å². The van der Waals surface area contributed by atoms with E-state index in [0.29, 0.717) is 69.1 Å². The maximum atomic E-state index is 12.3. The van der Waals surface area contributed by atoms with Crippen molar-refractivity contribution in [3.8, 4) is 0 Å². The summed E-state index contributed by atoms with van der Waals surface area (Å²) in [5.74, 6) is -0.0611. The Labute approximate surface area is 628 Å². The number of aromatic nitrogens is 6. The van der Waals surface area contributed by atoms with E-state index in [1.807, 2.05) is 0 Å². The quantitative estimate of drug-likeness (QED) is 0.0201. The largest absolute Gasteiger partial charge is 1.00 e. The molecule has 1 aliphatic rings. The molecule has 8 aromatic rings. The number of hydrogen-bond acceptors (Lipinski definition) is 35. The van der Waals surface area contributed by atoms with Crippen LogP contribution in [0.25, 0.3) is 21.5 Å². The topological polar surface area (TPSA) is 623 Å². The van der Waals surface area contributed by atoms with E-state index < -0.39 is 135 Å². The minimum absolute atomic E-state index is 0. The zero-order chi connectivity index (χ0) is 67.9. The van der Waals surface area contributed by atoms with Crippen molar-refractivity contribution in [2.24, 2.45) is 31.9 Å². The van der Waals surface area contributed by atoms with E-state index in [4.69, 9.17) is 34.7 Å². The van der Waals surface area contributed by atoms with Gasteiger partial charge in [-0.3, -0.25) is 4.90 Å². The Balaban J connectivity index is 0.00000486. The first-order chi connectivity index (χ1) is 43.2. The number of carbonyl (C=O) groups excluding carboxylic acids is 2. The average molecular weight is 1510 g/mol. The summed E-state index contributed by atoms with van der Waals surface area (Å²) in [7, 11) is -32.9. The van der Waals surface area contributed by atoms with Crippen LogP contribution in [0.5, 0.6) is 0 Å². The molecule has 0 spiro atoms. The van der Waals surface area contributed by atoms with Gasteiger partial charge in [-0.15, -0.1) is 20.5 Å². The van der Waals surface area contributed by atoms with Gasteiger partial charge in [0, 0.05) is 61.4 Å². The van der Waals surface area contributed by atoms with E-state index in [2.05, 4.69) is 81.8 Å². The van der Waals surface area contributed by atoms with Crippen LogP contribution in [0.2, 0.25) is 10.6 Å². The summed E-state index contributed by atoms with van der Waals surface area (Å²) in [6.07, 6.45) is 0. The molecule has 1 saturated heterocycles. The predicted octanol–water partition coefficient (Wildman–Crippen LogP) is -5.36. The number of benzene rings is 6. The second-order valence-corrected chi connectivity index (χ2v) is 27.8. The third-order valence-corrected chi connectivity index (χ3v) is 18.2. The van der Waals surface area contributed by atoms with Gasteiger partial charge in [-0.25, -0.2) is 60.1 Å². The van der Waals surface area contributed by atoms with Gasteiger partial charge in [0.1, 0.15) is 83.5 Å². The molecule has 9 N–H and O–H groups in total. The minimum Gasteiger partial charge on any atom is -0.744 e. The van der Waals surface area contributed by atoms with Gasteiger partial charge in [-0.1, -0.05) is 0 Å². The van der Waals surface area contributed by atoms with Crippen LogP contribution in [0.15, 0.2) is 135 Å². The van der Waals surface area contributed by atoms with E-state index in [1.54, 1.807) is 4.90 Å². The molecule has 490 valence electrons. The number of piperazine rings is 1. The van der Waals surface area contributed by atoms with Gasteiger partial charge >= 0.3 is 112 Å². The van der Waals surface area contributed by atoms with Crippen molar-refractivity contribution in [3.63, 3.8) is 0 Å². The van der Waals surface area contributed by atoms with Crippen LogP contribution in [0, 0.1) is 0 Å². The van der Waals surface area contributed by atoms with Crippen LogP contribution in [-0.2, 0) is 60.7 Å². The molecule has 3 heterocycles. The molecule has 39 nitrogen and oxygen atoms in total. The fourth-order valence-electron chi connectivity index (χ4n) is 8.76. The number of azo groups is 2. The molecule has 0 saturated carbocycles. The maximum Gasteiger partial charge on any atom is 1.00 e. The maximum absolute atomic E-state index is 12.3. The van der Waals surface area contributed by atoms with Crippen LogP contribution in [0.1, 0.15) is 0 Å². The Morgan fingerprint density at radius 1 is 0.479 bits per heavy atom. The zero-order valence-corrected chi connectivity index (χ0v) is 60.3. The first kappa shape index (κ1) is 79.0. The molecule has 2 aromatic heterocycles. The number of primary amides is 2. The van der Waals surface area contributed by atoms with Gasteiger partial charge in [0.15, 0.2) is 0 Å². The summed E-state index contributed by atoms with van der Waals surface area (Å²) in [5.41, 5.74) is 8.47. The molecule has 6 aromatic carbocycles. The molecule has 0 aliphatic carbocycles. The summed E-state index contributed by atoms with van der Waals surface area (Å²) in [6.45, 7) is 2.37. The SMILES string of the molecule is NC(=O)Nc1cc(Nc2nc(Cl)nc(NCCN3CCN(c4nc(Cl)nc(Nc5ccc(N=Nc6cc7c(S(=O)(=O)[O-])cc(S(=O)(=O)[O-])cc7cc6S(=O)(=O)[O-])c(NC(N)=O)c5)n4)CC3)n2)ccc1N=Nc1cc2c(S(=O)(=O)[O-])cc(S(=O)(=O)[O-])cc2cc1S(=O)(=O)[O-].[K+].[Li+].[Na+]. The predicted molar refractivity (Wildman–Crippen MR) is 317 cm³/mol. The number of nitrogens with one attached hydrogen (secondary N) is 5. The number of amides is 4. The standard InChI is InChI=1S/C46H41Cl2N19O20S6.K.Li.Na/c47-39-56-43(60-44(57-39)52-23-1-3-29(31(15-23)54-41(49)68)62-64-33-19-27-21(13-37(33)92(82,83)84)11-25(88(70,71)72)17-35(27)90(76,77)78)51-5-6-66-7-9-67(10-8-66)46-59-40(48)58-45(61-46)53-24-2-4-30(32(16-24)55-42(50)69)63-65-34-20-28-22(14-38(34)93(85,86)87)12-26(89(73,74)75)18-36(28)91(79,80)81;;;/h1-4,11-20H,5-10H2,(H3,49,54,68)(H3,50,55,69)(H,70,71,72)(H,73,74,75)(H,76,77,78)(H,79,80,81)(H,82,83,84)(H,85,86,87)(H,53,58,59,61)(H2,51,52,56,57,60);;;/q;3*+1/p-6. The molecule has 0 bridgehead atoms. The van der Waals surface area contributed by atoms with Gasteiger partial charge in [-0.2, -0.15) is 29.9 Å². The number of fused-ring (bicyclic) bond motifs is 2. The molecule has 4 amide bonds. The van der Waals surface area contributed by atoms with E-state index in [1.165, 1.54) is 36.4 Å². The fourth-order valence-corrected chi connectivity index (χ4v) is 13.0. The summed E-state index contributed by atoms with van der Waals surface area (Å²) in [5, 5.41) is 25.6. The fraction of sp³-hybridized carbons (Fsp3) is 0.130. The monoisotopic (exact) mass is 1500 g/mol. The second kappa shape index (κ2) is 31.1. The van der Waals surface area contributed by atoms with Crippen molar-refractivity contribution in [1.82, 2.24) is 34.8 Å². The number of nitrogens with zero attached hydrogens (tertiary/aromatic N) is 12. The number of anilines is 8. The summed E-state index contributed by atoms with van der Waals surface area (Å²) >= 11 is 12.6. The molecule has 9 rings (SSSR count). The minimum atomic E-state index is -5.55. The second-order valence-electron chi connectivity index (χ2n) is 19.0. The van der Waals surface area contributed by atoms with Crippen molar-refractivity contribution in [1.29, 1.82) is 0 Å². The van der Waals surface area contributed by atoms with Crippen LogP contribution >= 0.6 is 23.2 Å². The third kappa shape index (κ3) is 20.1. The average Bonchev–Trinajstić information content (AvgIpc) is 0.758. The number of rotatable bonds is 21. The van der Waals surface area contributed by atoms with Crippen LogP contribution < -0.4 is 143 Å². The first-order valence-corrected chi connectivity index (χ1v) is 34.3. The number of carbonyl (C=O) groups is 2. The smallest absolute Gasteiger partial charge is 0.744 e. The van der Waals surface area contributed by atoms with E-state index in [9.17, 15) is 87.4 Å². The molecule has 0 atom stereocenters. The number of nitrogens with two attached hydrogens (primary N) is 2. The molecule has 0 radical (unpaired) electrons. The van der Waals surface area contributed by atoms with Gasteiger partial charge in [0.25, 0.3) is 0 Å². The summed E-state index contributed by atoms with van der Waals surface area (Å²) in [6, 6.07) is 9.22. The summed E-state index contributed by atoms with van der Waals surface area (Å²) < 4.78 is 217. The molecule has 1 fully saturated rings. The molecule has 50 heteroatoms. The molecule has 0 unspecified atom stereocenters. The van der Waals surface area contributed by atoms with E-state index in [-0.39, 0.29) is 187 Å². The van der Waals surface area contributed by atoms with Gasteiger partial charge in [-0.05, 0) is 119 Å². The Morgan fingerprint density at radius 3 is 1.26 bits per heavy atom. The Morgan fingerprint density at radius 2 is 0.865 bits per heavy atom. The van der Waals surface area contributed by atoms with Crippen LogP contribution in [-0.4, -0.2) is 164 Å². The van der Waals surface area contributed by atoms with Crippen LogP contribution in [0.4, 0.5) is 78.9 Å². The van der Waals surface area contributed by atoms with E-state index >= 15 is 0 Å². The van der Waals surface area contributed by atoms with Gasteiger partial charge in [0.05, 0.1) is 40.7 Å². The molecule has 96 heavy (non-hydrogen) atoms. The number of hydrogen-bond donors (Lipinski definition) is 7. The Hall–Kier alpha value is -5.97. The molecular formula is C46H35Cl2KLiN19NaO20S6-3. The van der Waals surface area contributed by atoms with Crippen molar-refractivity contribution in [2.75, 3.05) is 70.8 Å². The third-order valence-electron chi connectivity index (χ3n) is 12.7. The zero-order valence-electron chi connectivity index (χ0n) is 48.7. The molecular weight excluding hydrogens is 1470 g/mol. The number of urea groups is 2. The van der Waals surface area contributed by atoms with Gasteiger partial charge in [0.2, 0.25) is 34.4 Å². The first-order valence-electron chi connectivity index (χ1n) is 25.1. The number of halogens is 2. The summed E-state index contributed by atoms with van der Waals surface area (Å²) in [4.78, 5) is 46.0. The van der Waals surface area contributed by atoms with Crippen molar-refractivity contribution in [3.05, 3.63) is 95.5 Å². The van der Waals surface area contributed by atoms with Gasteiger partial charge < -0.3 is 70.3 Å². The molecule has 1 aliphatic heterocycles. The normalized spacial score (nSPS) is 13.4. The van der Waals surface area contributed by atoms with Crippen molar-refractivity contribution >= 4 is 187 Å². The van der Waals surface area contributed by atoms with Crippen LogP contribution in [0.3, 0.4) is 0 Å². The Bertz CT molecular complexity index is 5250.